The molecule has 8 heteroatoms. The normalized spacial score (nSPS) is 12.3. The Hall–Kier alpha value is -1.73. The van der Waals surface area contributed by atoms with Crippen molar-refractivity contribution in [3.63, 3.8) is 0 Å². The van der Waals surface area contributed by atoms with E-state index in [9.17, 15) is 13.2 Å². The highest BCUT2D eigenvalue weighted by molar-refractivity contribution is 7.99. The van der Waals surface area contributed by atoms with Crippen molar-refractivity contribution in [2.24, 2.45) is 4.99 Å². The topological polar surface area (TPSA) is 37.3 Å². The standard InChI is InChI=1S/C16H15ClF3N3S/c1-10-6-12(17)13(7-14(10)24-9-16(18,19)20)23-15(21-2)11-4-3-5-22-8-11/h3-8H,9H2,1-2H3,(H,21,23). The molecule has 0 aliphatic carbocycles. The van der Waals surface area contributed by atoms with Crippen molar-refractivity contribution in [2.45, 2.75) is 18.0 Å². The lowest BCUT2D eigenvalue weighted by atomic mass is 10.2. The van der Waals surface area contributed by atoms with Crippen molar-refractivity contribution in [1.82, 2.24) is 4.98 Å². The summed E-state index contributed by atoms with van der Waals surface area (Å²) in [5.41, 5.74) is 1.94. The second-order valence-electron chi connectivity index (χ2n) is 4.94. The lowest BCUT2D eigenvalue weighted by Gasteiger charge is -2.15. The van der Waals surface area contributed by atoms with E-state index in [1.807, 2.05) is 6.07 Å². The van der Waals surface area contributed by atoms with Crippen molar-refractivity contribution in [1.29, 1.82) is 0 Å². The Morgan fingerprint density at radius 1 is 1.38 bits per heavy atom. The minimum absolute atomic E-state index is 0.411. The number of nitrogens with one attached hydrogen (secondary N) is 1. The molecule has 128 valence electrons. The molecule has 24 heavy (non-hydrogen) atoms. The first-order chi connectivity index (χ1) is 11.3. The van der Waals surface area contributed by atoms with Gasteiger partial charge < -0.3 is 5.32 Å². The predicted octanol–water partition coefficient (Wildman–Crippen LogP) is 5.19. The van der Waals surface area contributed by atoms with Crippen LogP contribution in [0.25, 0.3) is 0 Å². The highest BCUT2D eigenvalue weighted by Gasteiger charge is 2.27. The Morgan fingerprint density at radius 3 is 2.71 bits per heavy atom. The molecule has 1 heterocycles. The number of aliphatic imine (C=N–C) groups is 1. The van der Waals surface area contributed by atoms with Crippen LogP contribution in [0.2, 0.25) is 5.02 Å². The SMILES string of the molecule is CN=C(Nc1cc(SCC(F)(F)F)c(C)cc1Cl)c1cccnc1. The van der Waals surface area contributed by atoms with Crippen LogP contribution in [0.4, 0.5) is 18.9 Å². The number of hydrogen-bond acceptors (Lipinski definition) is 3. The second-order valence-corrected chi connectivity index (χ2v) is 6.36. The largest absolute Gasteiger partial charge is 0.398 e. The maximum atomic E-state index is 12.5. The van der Waals surface area contributed by atoms with Gasteiger partial charge in [-0.25, -0.2) is 0 Å². The fourth-order valence-corrected chi connectivity index (χ4v) is 3.02. The number of aryl methyl sites for hydroxylation is 1. The number of pyridine rings is 1. The Bertz CT molecular complexity index is 733. The maximum Gasteiger partial charge on any atom is 0.398 e. The quantitative estimate of drug-likeness (QED) is 0.455. The van der Waals surface area contributed by atoms with E-state index in [1.165, 1.54) is 0 Å². The molecule has 0 fully saturated rings. The number of rotatable bonds is 4. The molecular formula is C16H15ClF3N3S. The molecular weight excluding hydrogens is 359 g/mol. The van der Waals surface area contributed by atoms with Gasteiger partial charge in [0.15, 0.2) is 0 Å². The predicted molar refractivity (Wildman–Crippen MR) is 93.3 cm³/mol. The van der Waals surface area contributed by atoms with E-state index in [1.54, 1.807) is 44.6 Å². The first-order valence-electron chi connectivity index (χ1n) is 6.94. The van der Waals surface area contributed by atoms with Gasteiger partial charge in [0, 0.05) is 29.9 Å². The summed E-state index contributed by atoms with van der Waals surface area (Å²) in [7, 11) is 1.61. The van der Waals surface area contributed by atoms with E-state index in [0.29, 0.717) is 27.0 Å². The van der Waals surface area contributed by atoms with Crippen LogP contribution in [0, 0.1) is 6.92 Å². The summed E-state index contributed by atoms with van der Waals surface area (Å²) in [6, 6.07) is 6.84. The molecule has 3 nitrogen and oxygen atoms in total. The smallest absolute Gasteiger partial charge is 0.339 e. The Morgan fingerprint density at radius 2 is 2.12 bits per heavy atom. The minimum atomic E-state index is -4.23. The first-order valence-corrected chi connectivity index (χ1v) is 8.30. The number of thioether (sulfide) groups is 1. The van der Waals surface area contributed by atoms with Crippen molar-refractivity contribution in [3.05, 3.63) is 52.8 Å². The van der Waals surface area contributed by atoms with Gasteiger partial charge >= 0.3 is 6.18 Å². The third-order valence-corrected chi connectivity index (χ3v) is 4.60. The fraction of sp³-hybridized carbons (Fsp3) is 0.250. The van der Waals surface area contributed by atoms with Crippen molar-refractivity contribution >= 4 is 34.9 Å². The van der Waals surface area contributed by atoms with E-state index >= 15 is 0 Å². The van der Waals surface area contributed by atoms with Gasteiger partial charge in [0.25, 0.3) is 0 Å². The van der Waals surface area contributed by atoms with Crippen molar-refractivity contribution < 1.29 is 13.2 Å². The van der Waals surface area contributed by atoms with Crippen LogP contribution < -0.4 is 5.32 Å². The molecule has 1 N–H and O–H groups in total. The van der Waals surface area contributed by atoms with Crippen LogP contribution in [0.1, 0.15) is 11.1 Å². The number of amidine groups is 1. The summed E-state index contributed by atoms with van der Waals surface area (Å²) < 4.78 is 37.4. The first kappa shape index (κ1) is 18.6. The fourth-order valence-electron chi connectivity index (χ4n) is 1.95. The summed E-state index contributed by atoms with van der Waals surface area (Å²) in [6.07, 6.45) is -0.950. The van der Waals surface area contributed by atoms with E-state index < -0.39 is 11.9 Å². The van der Waals surface area contributed by atoms with Gasteiger partial charge in [0.05, 0.1) is 16.5 Å². The van der Waals surface area contributed by atoms with Gasteiger partial charge in [-0.05, 0) is 36.8 Å². The Kier molecular flexibility index (Phi) is 6.12. The van der Waals surface area contributed by atoms with Crippen LogP contribution in [0.5, 0.6) is 0 Å². The average molecular weight is 374 g/mol. The average Bonchev–Trinajstić information content (AvgIpc) is 2.53. The molecule has 0 atom stereocenters. The molecule has 0 radical (unpaired) electrons. The molecule has 1 aromatic heterocycles. The second kappa shape index (κ2) is 7.90. The molecule has 1 aromatic carbocycles. The van der Waals surface area contributed by atoms with Gasteiger partial charge in [-0.1, -0.05) is 11.6 Å². The lowest BCUT2D eigenvalue weighted by molar-refractivity contribution is -0.105. The van der Waals surface area contributed by atoms with E-state index in [0.717, 1.165) is 17.3 Å². The maximum absolute atomic E-state index is 12.5. The number of aromatic nitrogens is 1. The zero-order chi connectivity index (χ0) is 17.7. The number of benzene rings is 1. The summed E-state index contributed by atoms with van der Waals surface area (Å²) in [5.74, 6) is -0.424. The van der Waals surface area contributed by atoms with E-state index in [-0.39, 0.29) is 0 Å². The van der Waals surface area contributed by atoms with Crippen molar-refractivity contribution in [3.8, 4) is 0 Å². The van der Waals surface area contributed by atoms with E-state index in [4.69, 9.17) is 11.6 Å². The summed E-state index contributed by atoms with van der Waals surface area (Å²) in [4.78, 5) is 8.69. The molecule has 2 rings (SSSR count). The zero-order valence-electron chi connectivity index (χ0n) is 13.0. The van der Waals surface area contributed by atoms with Crippen LogP contribution in [-0.4, -0.2) is 29.8 Å². The monoisotopic (exact) mass is 373 g/mol. The van der Waals surface area contributed by atoms with Crippen LogP contribution >= 0.6 is 23.4 Å². The van der Waals surface area contributed by atoms with E-state index in [2.05, 4.69) is 15.3 Å². The third kappa shape index (κ3) is 5.14. The van der Waals surface area contributed by atoms with Gasteiger partial charge in [-0.2, -0.15) is 13.2 Å². The number of hydrogen-bond donors (Lipinski definition) is 1. The molecule has 0 unspecified atom stereocenters. The molecule has 2 aromatic rings. The highest BCUT2D eigenvalue weighted by atomic mass is 35.5. The van der Waals surface area contributed by atoms with Crippen LogP contribution in [-0.2, 0) is 0 Å². The lowest BCUT2D eigenvalue weighted by Crippen LogP contribution is -2.14. The molecule has 0 aliphatic heterocycles. The minimum Gasteiger partial charge on any atom is -0.339 e. The summed E-state index contributed by atoms with van der Waals surface area (Å²) in [6.45, 7) is 1.73. The number of nitrogens with zero attached hydrogens (tertiary/aromatic N) is 2. The van der Waals surface area contributed by atoms with Gasteiger partial charge in [0.1, 0.15) is 5.84 Å². The third-order valence-electron chi connectivity index (χ3n) is 3.07. The Labute approximate surface area is 147 Å². The molecule has 0 amide bonds. The molecule has 0 bridgehead atoms. The van der Waals surface area contributed by atoms with Gasteiger partial charge in [0.2, 0.25) is 0 Å². The number of alkyl halides is 3. The molecule has 0 saturated carbocycles. The highest BCUT2D eigenvalue weighted by Crippen LogP contribution is 2.34. The molecule has 0 saturated heterocycles. The molecule has 0 aliphatic rings. The summed E-state index contributed by atoms with van der Waals surface area (Å²) >= 11 is 6.95. The Balaban J connectivity index is 2.26. The van der Waals surface area contributed by atoms with Crippen molar-refractivity contribution in [2.75, 3.05) is 18.1 Å². The number of halogens is 4. The zero-order valence-corrected chi connectivity index (χ0v) is 14.6. The summed E-state index contributed by atoms with van der Waals surface area (Å²) in [5, 5.41) is 3.47. The van der Waals surface area contributed by atoms with Crippen LogP contribution in [0.3, 0.4) is 0 Å². The van der Waals surface area contributed by atoms with Gasteiger partial charge in [-0.15, -0.1) is 11.8 Å². The van der Waals surface area contributed by atoms with Crippen LogP contribution in [0.15, 0.2) is 46.5 Å². The van der Waals surface area contributed by atoms with Gasteiger partial charge in [-0.3, -0.25) is 9.98 Å². The number of anilines is 1. The molecule has 0 spiro atoms.